The smallest absolute Gasteiger partial charge is 0.550 e. The molecule has 0 unspecified atom stereocenters. The van der Waals surface area contributed by atoms with Gasteiger partial charge >= 0.3 is 33.0 Å². The van der Waals surface area contributed by atoms with E-state index in [4.69, 9.17) is 0 Å². The molecule has 0 saturated heterocycles. The van der Waals surface area contributed by atoms with E-state index in [1.165, 1.54) is 51.4 Å². The molecule has 42 heavy (non-hydrogen) atoms. The van der Waals surface area contributed by atoms with Gasteiger partial charge in [-0.15, -0.1) is 0 Å². The largest absolute Gasteiger partial charge is 2.00 e. The van der Waals surface area contributed by atoms with Crippen LogP contribution in [-0.2, 0) is 52.2 Å². The average molecular weight is 690 g/mol. The maximum absolute atomic E-state index is 9.92. The number of aliphatic carboxylic acids is 4. The predicted molar refractivity (Wildman–Crippen MR) is 154 cm³/mol. The van der Waals surface area contributed by atoms with Gasteiger partial charge in [-0.3, -0.25) is 0 Å². The van der Waals surface area contributed by atoms with Crippen LogP contribution in [0.4, 0.5) is 0 Å². The second-order valence-electron chi connectivity index (χ2n) is 10.1. The first kappa shape index (κ1) is 53.4. The molecule has 0 heterocycles. The molecule has 10 heteroatoms. The molecule has 0 rings (SSSR count). The molecule has 0 atom stereocenters. The first-order valence-electron chi connectivity index (χ1n) is 15.9. The van der Waals surface area contributed by atoms with Crippen molar-refractivity contribution in [1.29, 1.82) is 0 Å². The van der Waals surface area contributed by atoms with Gasteiger partial charge in [-0.1, -0.05) is 130 Å². The summed E-state index contributed by atoms with van der Waals surface area (Å²) in [5.74, 6) is -3.68. The zero-order chi connectivity index (χ0) is 31.3. The van der Waals surface area contributed by atoms with Crippen LogP contribution < -0.4 is 20.4 Å². The van der Waals surface area contributed by atoms with Gasteiger partial charge in [-0.2, -0.15) is 0 Å². The maximum atomic E-state index is 9.92. The quantitative estimate of drug-likeness (QED) is 0.107. The van der Waals surface area contributed by atoms with Gasteiger partial charge in [0, 0.05) is 23.9 Å². The molecular weight excluding hydrogens is 630 g/mol. The third kappa shape index (κ3) is 77.2. The number of hydrogen-bond donors (Lipinski definition) is 0. The van der Waals surface area contributed by atoms with Crippen LogP contribution in [0.3, 0.4) is 0 Å². The second-order valence-corrected chi connectivity index (χ2v) is 10.1. The van der Waals surface area contributed by atoms with Crippen molar-refractivity contribution >= 4 is 23.9 Å². The first-order chi connectivity index (χ1) is 19.1. The van der Waals surface area contributed by atoms with Gasteiger partial charge in [0.25, 0.3) is 0 Å². The molecule has 0 bridgehead atoms. The maximum Gasteiger partial charge on any atom is 2.00 e. The van der Waals surface area contributed by atoms with Crippen LogP contribution in [0.5, 0.6) is 0 Å². The summed E-state index contributed by atoms with van der Waals surface area (Å²) in [7, 11) is 0. The van der Waals surface area contributed by atoms with Crippen molar-refractivity contribution in [3.63, 3.8) is 0 Å². The van der Waals surface area contributed by atoms with E-state index in [1.807, 2.05) is 0 Å². The standard InChI is InChI=1S/4C8H16O2.2Ni/c4*1-2-3-4-5-6-7-8(9)10;;/h4*2-7H2,1H3,(H,9,10);;/q;;;;2*+2/p-4. The zero-order valence-corrected chi connectivity index (χ0v) is 28.8. The third-order valence-corrected chi connectivity index (χ3v) is 5.94. The summed E-state index contributed by atoms with van der Waals surface area (Å²) in [5.41, 5.74) is 0. The van der Waals surface area contributed by atoms with E-state index in [1.54, 1.807) is 0 Å². The molecule has 0 aliphatic heterocycles. The number of rotatable bonds is 24. The van der Waals surface area contributed by atoms with Gasteiger partial charge in [0.05, 0.1) is 0 Å². The van der Waals surface area contributed by atoms with Crippen LogP contribution in [0.1, 0.15) is 182 Å². The molecule has 0 aromatic carbocycles. The Bertz CT molecular complexity index is 465. The van der Waals surface area contributed by atoms with Gasteiger partial charge in [-0.05, 0) is 51.4 Å². The zero-order valence-electron chi connectivity index (χ0n) is 26.9. The Kier molecular flexibility index (Phi) is 63.0. The normalized spacial score (nSPS) is 9.24. The number of carboxylic acid groups (broad SMARTS) is 4. The van der Waals surface area contributed by atoms with Crippen molar-refractivity contribution in [2.75, 3.05) is 0 Å². The molecular formula is C32H60Ni2O8. The van der Waals surface area contributed by atoms with Crippen molar-refractivity contribution in [2.24, 2.45) is 0 Å². The molecule has 256 valence electrons. The molecule has 0 aromatic rings. The van der Waals surface area contributed by atoms with E-state index in [-0.39, 0.29) is 58.7 Å². The Hall–Kier alpha value is -1.13. The van der Waals surface area contributed by atoms with Crippen LogP contribution in [0.15, 0.2) is 0 Å². The minimum absolute atomic E-state index is 0. The fourth-order valence-electron chi connectivity index (χ4n) is 3.49. The van der Waals surface area contributed by atoms with Crippen LogP contribution >= 0.6 is 0 Å². The summed E-state index contributed by atoms with van der Waals surface area (Å²) in [5, 5.41) is 39.7. The van der Waals surface area contributed by atoms with Crippen molar-refractivity contribution in [3.05, 3.63) is 0 Å². The number of carbonyl (C=O) groups excluding carboxylic acids is 4. The SMILES string of the molecule is CCCCCCCC(=O)[O-].CCCCCCCC(=O)[O-].CCCCCCCC(=O)[O-].CCCCCCCC(=O)[O-].[Ni+2].[Ni+2]. The molecule has 0 N–H and O–H groups in total. The molecule has 0 radical (unpaired) electrons. The van der Waals surface area contributed by atoms with Crippen LogP contribution in [0.25, 0.3) is 0 Å². The summed E-state index contributed by atoms with van der Waals surface area (Å²) in [6, 6.07) is 0. The number of carbonyl (C=O) groups is 4. The predicted octanol–water partition coefficient (Wildman–Crippen LogP) is 4.38. The fraction of sp³-hybridized carbons (Fsp3) is 0.875. The van der Waals surface area contributed by atoms with E-state index in [0.29, 0.717) is 0 Å². The summed E-state index contributed by atoms with van der Waals surface area (Å²) in [6.07, 6.45) is 22.4. The monoisotopic (exact) mass is 688 g/mol. The summed E-state index contributed by atoms with van der Waals surface area (Å²) in [6.45, 7) is 8.55. The van der Waals surface area contributed by atoms with Crippen LogP contribution in [0.2, 0.25) is 0 Å². The molecule has 0 fully saturated rings. The van der Waals surface area contributed by atoms with Gasteiger partial charge in [0.2, 0.25) is 0 Å². The average Bonchev–Trinajstić information content (AvgIpc) is 2.89. The van der Waals surface area contributed by atoms with Crippen LogP contribution in [0, 0.1) is 0 Å². The van der Waals surface area contributed by atoms with Crippen LogP contribution in [-0.4, -0.2) is 23.9 Å². The topological polar surface area (TPSA) is 161 Å². The van der Waals surface area contributed by atoms with Crippen molar-refractivity contribution in [3.8, 4) is 0 Å². The molecule has 0 aliphatic rings. The second kappa shape index (κ2) is 49.5. The first-order valence-corrected chi connectivity index (χ1v) is 15.9. The molecule has 0 saturated carbocycles. The Morgan fingerprint density at radius 1 is 0.310 bits per heavy atom. The molecule has 0 spiro atoms. The summed E-state index contributed by atoms with van der Waals surface area (Å²) >= 11 is 0. The Morgan fingerprint density at radius 2 is 0.452 bits per heavy atom. The summed E-state index contributed by atoms with van der Waals surface area (Å²) < 4.78 is 0. The third-order valence-electron chi connectivity index (χ3n) is 5.94. The number of hydrogen-bond acceptors (Lipinski definition) is 8. The van der Waals surface area contributed by atoms with Gasteiger partial charge in [0.15, 0.2) is 0 Å². The molecule has 0 amide bonds. The Morgan fingerprint density at radius 3 is 0.571 bits per heavy atom. The molecule has 0 aliphatic carbocycles. The van der Waals surface area contributed by atoms with Gasteiger partial charge in [0.1, 0.15) is 0 Å². The number of unbranched alkanes of at least 4 members (excludes halogenated alkanes) is 16. The van der Waals surface area contributed by atoms with Gasteiger partial charge in [-0.25, -0.2) is 0 Å². The number of carboxylic acids is 4. The Labute approximate surface area is 277 Å². The van der Waals surface area contributed by atoms with E-state index in [9.17, 15) is 39.6 Å². The van der Waals surface area contributed by atoms with E-state index < -0.39 is 23.9 Å². The molecule has 0 aromatic heterocycles. The summed E-state index contributed by atoms with van der Waals surface area (Å²) in [4.78, 5) is 39.7. The van der Waals surface area contributed by atoms with Crippen molar-refractivity contribution in [2.45, 2.75) is 182 Å². The fourth-order valence-corrected chi connectivity index (χ4v) is 3.49. The van der Waals surface area contributed by atoms with E-state index >= 15 is 0 Å². The molecule has 8 nitrogen and oxygen atoms in total. The van der Waals surface area contributed by atoms with E-state index in [0.717, 1.165) is 77.0 Å². The Balaban J connectivity index is -0.000000101. The van der Waals surface area contributed by atoms with Crippen molar-refractivity contribution in [1.82, 2.24) is 0 Å². The van der Waals surface area contributed by atoms with Crippen molar-refractivity contribution < 1.29 is 72.6 Å². The van der Waals surface area contributed by atoms with Gasteiger partial charge < -0.3 is 39.6 Å². The minimum Gasteiger partial charge on any atom is -0.550 e. The van der Waals surface area contributed by atoms with E-state index in [2.05, 4.69) is 27.7 Å². The minimum atomic E-state index is -0.920.